The highest BCUT2D eigenvalue weighted by atomic mass is 19.4. The molecule has 0 aliphatic carbocycles. The van der Waals surface area contributed by atoms with Crippen molar-refractivity contribution < 1.29 is 41.3 Å². The summed E-state index contributed by atoms with van der Waals surface area (Å²) in [4.78, 5) is 0. The summed E-state index contributed by atoms with van der Waals surface area (Å²) < 4.78 is 92.2. The highest BCUT2D eigenvalue weighted by Gasteiger charge is 2.52. The van der Waals surface area contributed by atoms with Crippen LogP contribution in [0.2, 0.25) is 0 Å². The molecule has 6 atom stereocenters. The zero-order valence-corrected chi connectivity index (χ0v) is 24.4. The second-order valence-electron chi connectivity index (χ2n) is 11.2. The van der Waals surface area contributed by atoms with Gasteiger partial charge in [0.15, 0.2) is 23.7 Å². The molecule has 4 heterocycles. The van der Waals surface area contributed by atoms with Gasteiger partial charge in [0, 0.05) is 11.1 Å². The molecule has 1 unspecified atom stereocenters. The first kappa shape index (κ1) is 31.1. The number of hydrogen-bond acceptors (Lipinski definition) is 8. The first-order valence-electron chi connectivity index (χ1n) is 14.4. The SMILES string of the molecule is [B]c1ccc(-c2cn([C@@H]3[C@@H](O)[C@H](c4nncn4-c4cc(C)ccc4C(F)(F)F)O[C@@H]4COC(c5ccccc5)O[C@H]34)nn2)c(F)c1F. The standard InChI is InChI=1S/C31H24BF5N6O4/c1-15-7-9-18(31(35,36)37)21(11-15)42-14-38-40-29(42)28-26(44)25(27-22(46-28)13-45-30(47-27)16-5-3-2-4-6-16)43-12-20(39-41-43)17-8-10-19(32)24(34)23(17)33/h2-12,14,22,25-28,30,44H,13H2,1H3/t22-,25-,26-,27+,28-,30?/m1/s1. The number of aryl methyl sites for hydroxylation is 1. The molecule has 5 aromatic rings. The highest BCUT2D eigenvalue weighted by molar-refractivity contribution is 6.32. The van der Waals surface area contributed by atoms with Crippen molar-refractivity contribution >= 4 is 13.3 Å². The Bertz CT molecular complexity index is 1920. The van der Waals surface area contributed by atoms with Crippen LogP contribution in [0.5, 0.6) is 0 Å². The summed E-state index contributed by atoms with van der Waals surface area (Å²) in [6.45, 7) is 1.59. The Kier molecular flexibility index (Phi) is 7.90. The lowest BCUT2D eigenvalue weighted by molar-refractivity contribution is -0.319. The predicted octanol–water partition coefficient (Wildman–Crippen LogP) is 4.08. The van der Waals surface area contributed by atoms with E-state index in [-0.39, 0.29) is 29.4 Å². The fourth-order valence-corrected chi connectivity index (χ4v) is 5.92. The van der Waals surface area contributed by atoms with Crippen molar-refractivity contribution in [1.82, 2.24) is 29.8 Å². The molecule has 2 aromatic heterocycles. The average Bonchev–Trinajstić information content (AvgIpc) is 3.74. The van der Waals surface area contributed by atoms with Gasteiger partial charge in [0.05, 0.1) is 24.1 Å². The lowest BCUT2D eigenvalue weighted by Crippen LogP contribution is -2.57. The number of aromatic nitrogens is 6. The lowest BCUT2D eigenvalue weighted by atomic mass is 9.91. The Morgan fingerprint density at radius 1 is 0.979 bits per heavy atom. The summed E-state index contributed by atoms with van der Waals surface area (Å²) in [5, 5.41) is 28.0. The number of nitrogens with zero attached hydrogens (tertiary/aromatic N) is 6. The molecule has 2 saturated heterocycles. The van der Waals surface area contributed by atoms with Crippen molar-refractivity contribution in [3.8, 4) is 16.9 Å². The minimum absolute atomic E-state index is 0.0459. The molecule has 240 valence electrons. The average molecular weight is 650 g/mol. The Morgan fingerprint density at radius 3 is 2.53 bits per heavy atom. The van der Waals surface area contributed by atoms with Crippen molar-refractivity contribution in [3.63, 3.8) is 0 Å². The van der Waals surface area contributed by atoms with Gasteiger partial charge in [-0.3, -0.25) is 4.57 Å². The van der Waals surface area contributed by atoms with E-state index in [1.54, 1.807) is 31.2 Å². The van der Waals surface area contributed by atoms with Crippen LogP contribution in [0.4, 0.5) is 22.0 Å². The molecule has 0 saturated carbocycles. The molecule has 2 aliphatic rings. The van der Waals surface area contributed by atoms with Gasteiger partial charge in [-0.1, -0.05) is 59.2 Å². The van der Waals surface area contributed by atoms with Crippen molar-refractivity contribution in [2.24, 2.45) is 0 Å². The van der Waals surface area contributed by atoms with E-state index in [1.807, 2.05) is 6.07 Å². The second kappa shape index (κ2) is 11.9. The van der Waals surface area contributed by atoms with Crippen LogP contribution in [-0.2, 0) is 20.4 Å². The molecule has 1 N–H and O–H groups in total. The van der Waals surface area contributed by atoms with Gasteiger partial charge in [0.2, 0.25) is 0 Å². The van der Waals surface area contributed by atoms with Gasteiger partial charge in [0.1, 0.15) is 50.3 Å². The molecular weight excluding hydrogens is 626 g/mol. The third-order valence-electron chi connectivity index (χ3n) is 8.20. The van der Waals surface area contributed by atoms with Gasteiger partial charge in [-0.05, 0) is 24.6 Å². The number of hydrogen-bond donors (Lipinski definition) is 1. The van der Waals surface area contributed by atoms with Crippen molar-refractivity contribution in [3.05, 3.63) is 107 Å². The molecule has 47 heavy (non-hydrogen) atoms. The molecule has 7 rings (SSSR count). The summed E-state index contributed by atoms with van der Waals surface area (Å²) in [5.41, 5.74) is -0.687. The number of alkyl halides is 3. The zero-order chi connectivity index (χ0) is 33.0. The fraction of sp³-hybridized carbons (Fsp3) is 0.290. The summed E-state index contributed by atoms with van der Waals surface area (Å²) in [5.74, 6) is -2.62. The molecule has 2 radical (unpaired) electrons. The summed E-state index contributed by atoms with van der Waals surface area (Å²) in [7, 11) is 5.49. The maximum Gasteiger partial charge on any atom is 0.418 e. The van der Waals surface area contributed by atoms with Gasteiger partial charge in [-0.25, -0.2) is 13.5 Å². The quantitative estimate of drug-likeness (QED) is 0.224. The van der Waals surface area contributed by atoms with Crippen LogP contribution >= 0.6 is 0 Å². The van der Waals surface area contributed by atoms with Crippen molar-refractivity contribution in [2.75, 3.05) is 6.61 Å². The number of aliphatic hydroxyl groups excluding tert-OH is 1. The Morgan fingerprint density at radius 2 is 1.77 bits per heavy atom. The summed E-state index contributed by atoms with van der Waals surface area (Å²) >= 11 is 0. The Labute approximate surface area is 265 Å². The van der Waals surface area contributed by atoms with Crippen molar-refractivity contribution in [1.29, 1.82) is 0 Å². The van der Waals surface area contributed by atoms with Gasteiger partial charge < -0.3 is 19.3 Å². The number of benzene rings is 3. The smallest absolute Gasteiger partial charge is 0.388 e. The lowest BCUT2D eigenvalue weighted by Gasteiger charge is -2.47. The predicted molar refractivity (Wildman–Crippen MR) is 155 cm³/mol. The minimum atomic E-state index is -4.71. The van der Waals surface area contributed by atoms with Crippen LogP contribution in [0.3, 0.4) is 0 Å². The maximum absolute atomic E-state index is 14.8. The number of rotatable bonds is 5. The molecule has 2 aliphatic heterocycles. The third-order valence-corrected chi connectivity index (χ3v) is 8.20. The summed E-state index contributed by atoms with van der Waals surface area (Å²) in [6, 6.07) is 13.9. The molecule has 3 aromatic carbocycles. The van der Waals surface area contributed by atoms with E-state index in [0.29, 0.717) is 11.1 Å². The van der Waals surface area contributed by atoms with Gasteiger partial charge >= 0.3 is 6.18 Å². The van der Waals surface area contributed by atoms with E-state index < -0.39 is 65.6 Å². The Hall–Kier alpha value is -4.51. The van der Waals surface area contributed by atoms with Gasteiger partial charge in [0.25, 0.3) is 0 Å². The van der Waals surface area contributed by atoms with Gasteiger partial charge in [-0.2, -0.15) is 13.2 Å². The zero-order valence-electron chi connectivity index (χ0n) is 24.4. The monoisotopic (exact) mass is 650 g/mol. The number of aliphatic hydroxyl groups is 1. The normalized spacial score (nSPS) is 24.7. The first-order valence-corrected chi connectivity index (χ1v) is 14.4. The van der Waals surface area contributed by atoms with E-state index >= 15 is 0 Å². The fourth-order valence-electron chi connectivity index (χ4n) is 5.92. The molecular formula is C31H24BF5N6O4. The molecule has 0 bridgehead atoms. The van der Waals surface area contributed by atoms with E-state index in [1.165, 1.54) is 35.1 Å². The Balaban J connectivity index is 1.31. The van der Waals surface area contributed by atoms with Crippen LogP contribution in [0.15, 0.2) is 73.2 Å². The minimum Gasteiger partial charge on any atom is -0.388 e. The summed E-state index contributed by atoms with van der Waals surface area (Å²) in [6.07, 6.45) is -7.98. The number of fused-ring (bicyclic) bond motifs is 1. The van der Waals surface area contributed by atoms with Crippen LogP contribution < -0.4 is 5.46 Å². The van der Waals surface area contributed by atoms with Crippen LogP contribution in [0, 0.1) is 18.6 Å². The largest absolute Gasteiger partial charge is 0.418 e. The molecule has 0 spiro atoms. The van der Waals surface area contributed by atoms with Crippen LogP contribution in [0.25, 0.3) is 16.9 Å². The maximum atomic E-state index is 14.8. The van der Waals surface area contributed by atoms with E-state index in [0.717, 1.165) is 17.0 Å². The first-order chi connectivity index (χ1) is 22.5. The van der Waals surface area contributed by atoms with E-state index in [2.05, 4.69) is 20.5 Å². The van der Waals surface area contributed by atoms with Crippen LogP contribution in [-0.4, -0.2) is 67.6 Å². The van der Waals surface area contributed by atoms with E-state index in [9.17, 15) is 27.1 Å². The van der Waals surface area contributed by atoms with E-state index in [4.69, 9.17) is 22.1 Å². The number of halogens is 5. The van der Waals surface area contributed by atoms with Crippen LogP contribution in [0.1, 0.15) is 41.0 Å². The highest BCUT2D eigenvalue weighted by Crippen LogP contribution is 2.44. The molecule has 0 amide bonds. The third kappa shape index (κ3) is 5.60. The van der Waals surface area contributed by atoms with Gasteiger partial charge in [-0.15, -0.1) is 15.3 Å². The number of ether oxygens (including phenoxy) is 3. The van der Waals surface area contributed by atoms with Crippen molar-refractivity contribution in [2.45, 2.75) is 49.8 Å². The topological polar surface area (TPSA) is 109 Å². The molecule has 16 heteroatoms. The molecule has 2 fully saturated rings. The second-order valence-corrected chi connectivity index (χ2v) is 11.2. The molecule has 10 nitrogen and oxygen atoms in total.